The van der Waals surface area contributed by atoms with Crippen molar-refractivity contribution in [1.29, 1.82) is 0 Å². The first kappa shape index (κ1) is 32.1. The van der Waals surface area contributed by atoms with E-state index in [9.17, 15) is 34.8 Å². The first-order valence-corrected chi connectivity index (χ1v) is 14.6. The minimum absolute atomic E-state index is 0.00531. The van der Waals surface area contributed by atoms with E-state index in [-0.39, 0.29) is 48.7 Å². The molecule has 9 nitrogen and oxygen atoms in total. The minimum Gasteiger partial charge on any atom is -0.481 e. The van der Waals surface area contributed by atoms with Crippen molar-refractivity contribution in [2.45, 2.75) is 89.8 Å². The Morgan fingerprint density at radius 3 is 2.33 bits per heavy atom. The third-order valence-corrected chi connectivity index (χ3v) is 10.4. The summed E-state index contributed by atoms with van der Waals surface area (Å²) in [5, 5.41) is 46.0. The molecular formula is C33H45NO8. The number of hydrogen-bond acceptors (Lipinski definition) is 8. The van der Waals surface area contributed by atoms with Crippen molar-refractivity contribution in [2.75, 3.05) is 14.1 Å². The molecule has 4 rings (SSSR count). The zero-order chi connectivity index (χ0) is 31.4. The maximum absolute atomic E-state index is 13.3. The number of hydrogen-bond donors (Lipinski definition) is 4. The summed E-state index contributed by atoms with van der Waals surface area (Å²) < 4.78 is 5.98. The number of carboxylic acids is 1. The molecule has 3 aliphatic carbocycles. The van der Waals surface area contributed by atoms with Crippen molar-refractivity contribution in [3.05, 3.63) is 59.2 Å². The van der Waals surface area contributed by atoms with Gasteiger partial charge in [0.1, 0.15) is 11.7 Å². The molecule has 0 radical (unpaired) electrons. The highest BCUT2D eigenvalue weighted by Gasteiger charge is 2.65. The summed E-state index contributed by atoms with van der Waals surface area (Å²) in [6, 6.07) is 9.41. The number of carbonyl (C=O) groups excluding carboxylic acids is 2. The lowest BCUT2D eigenvalue weighted by Crippen LogP contribution is -2.67. The number of Topliss-reactive ketones (excluding diaryl/α,β-unsaturated/α-hetero) is 1. The molecule has 1 aromatic carbocycles. The van der Waals surface area contributed by atoms with Gasteiger partial charge in [-0.25, -0.2) is 0 Å². The van der Waals surface area contributed by atoms with E-state index in [1.807, 2.05) is 49.3 Å². The molecule has 0 spiro atoms. The van der Waals surface area contributed by atoms with Crippen LogP contribution in [-0.4, -0.2) is 81.1 Å². The largest absolute Gasteiger partial charge is 0.481 e. The molecule has 2 saturated carbocycles. The molecule has 9 heteroatoms. The van der Waals surface area contributed by atoms with E-state index in [0.29, 0.717) is 5.57 Å². The monoisotopic (exact) mass is 583 g/mol. The second-order valence-electron chi connectivity index (χ2n) is 13.5. The summed E-state index contributed by atoms with van der Waals surface area (Å²) in [6.07, 6.45) is -3.82. The number of aliphatic hydroxyl groups is 3. The topological polar surface area (TPSA) is 145 Å². The Bertz CT molecular complexity index is 1290. The Labute approximate surface area is 247 Å². The van der Waals surface area contributed by atoms with E-state index in [1.165, 1.54) is 0 Å². The molecule has 0 aliphatic heterocycles. The smallest absolute Gasteiger partial charge is 0.308 e. The number of carbonyl (C=O) groups is 3. The standard InChI is InChI=1S/C33H45NO8/c1-18-23(35)15-21-28(39)27-19(2)24(42-26(38)16-22(34(6)7)20-11-9-8-10-12-20)13-14-32(27,5)30(40)33(41,17-25(36)37)29(18)31(21,3)4/h8-12,21-22,24,27-28,30,39-41H,2,13-17H2,1,3-7H3,(H,36,37)/t21-,22?,24-,27-,28-,30+,32+,33+/m0/s1. The summed E-state index contributed by atoms with van der Waals surface area (Å²) in [7, 11) is 3.77. The summed E-state index contributed by atoms with van der Waals surface area (Å²) in [4.78, 5) is 40.5. The number of fused-ring (bicyclic) bond motifs is 3. The van der Waals surface area contributed by atoms with E-state index in [4.69, 9.17) is 4.74 Å². The van der Waals surface area contributed by atoms with Crippen molar-refractivity contribution in [3.8, 4) is 0 Å². The van der Waals surface area contributed by atoms with Gasteiger partial charge in [-0.05, 0) is 61.6 Å². The quantitative estimate of drug-likeness (QED) is 0.280. The van der Waals surface area contributed by atoms with Crippen LogP contribution in [0.1, 0.15) is 71.4 Å². The van der Waals surface area contributed by atoms with E-state index >= 15 is 0 Å². The van der Waals surface area contributed by atoms with E-state index in [0.717, 1.165) is 5.56 Å². The van der Waals surface area contributed by atoms with Gasteiger partial charge in [-0.2, -0.15) is 0 Å². The number of nitrogens with zero attached hydrogens (tertiary/aromatic N) is 1. The van der Waals surface area contributed by atoms with Crippen LogP contribution in [0.3, 0.4) is 0 Å². The van der Waals surface area contributed by atoms with Crippen molar-refractivity contribution in [2.24, 2.45) is 22.7 Å². The van der Waals surface area contributed by atoms with Gasteiger partial charge in [0.05, 0.1) is 25.0 Å². The Morgan fingerprint density at radius 1 is 1.14 bits per heavy atom. The van der Waals surface area contributed by atoms with Gasteiger partial charge in [-0.1, -0.05) is 57.7 Å². The van der Waals surface area contributed by atoms with Gasteiger partial charge in [0.25, 0.3) is 0 Å². The predicted octanol–water partition coefficient (Wildman–Crippen LogP) is 3.44. The van der Waals surface area contributed by atoms with Gasteiger partial charge in [-0.15, -0.1) is 0 Å². The summed E-state index contributed by atoms with van der Waals surface area (Å²) in [6.45, 7) is 11.0. The van der Waals surface area contributed by atoms with Gasteiger partial charge in [0.2, 0.25) is 0 Å². The molecule has 0 heterocycles. The maximum Gasteiger partial charge on any atom is 0.308 e. The van der Waals surface area contributed by atoms with Crippen LogP contribution in [0.2, 0.25) is 0 Å². The van der Waals surface area contributed by atoms with Crippen molar-refractivity contribution >= 4 is 17.7 Å². The predicted molar refractivity (Wildman–Crippen MR) is 156 cm³/mol. The number of rotatable bonds is 7. The van der Waals surface area contributed by atoms with E-state index in [2.05, 4.69) is 6.58 Å². The first-order valence-electron chi connectivity index (χ1n) is 14.6. The summed E-state index contributed by atoms with van der Waals surface area (Å²) >= 11 is 0. The van der Waals surface area contributed by atoms with Gasteiger partial charge < -0.3 is 30.1 Å². The molecule has 2 bridgehead atoms. The molecule has 1 aromatic rings. The van der Waals surface area contributed by atoms with Crippen LogP contribution in [0, 0.1) is 22.7 Å². The molecule has 4 N–H and O–H groups in total. The average Bonchev–Trinajstić information content (AvgIpc) is 2.89. The fraction of sp³-hybridized carbons (Fsp3) is 0.606. The van der Waals surface area contributed by atoms with Crippen LogP contribution in [0.25, 0.3) is 0 Å². The Balaban J connectivity index is 1.71. The average molecular weight is 584 g/mol. The normalized spacial score (nSPS) is 35.2. The number of ether oxygens (including phenoxy) is 1. The number of esters is 1. The van der Waals surface area contributed by atoms with Crippen LogP contribution in [-0.2, 0) is 19.1 Å². The Hall–Kier alpha value is -2.85. The molecule has 1 unspecified atom stereocenters. The van der Waals surface area contributed by atoms with Crippen LogP contribution in [0.5, 0.6) is 0 Å². The molecule has 230 valence electrons. The molecule has 0 saturated heterocycles. The zero-order valence-corrected chi connectivity index (χ0v) is 25.5. The Morgan fingerprint density at radius 2 is 1.76 bits per heavy atom. The fourth-order valence-corrected chi connectivity index (χ4v) is 8.27. The van der Waals surface area contributed by atoms with Gasteiger partial charge >= 0.3 is 11.9 Å². The second-order valence-corrected chi connectivity index (χ2v) is 13.5. The third-order valence-electron chi connectivity index (χ3n) is 10.4. The third kappa shape index (κ3) is 5.25. The molecule has 3 aliphatic rings. The number of aliphatic carboxylic acids is 1. The molecule has 42 heavy (non-hydrogen) atoms. The highest BCUT2D eigenvalue weighted by Crippen LogP contribution is 2.61. The summed E-state index contributed by atoms with van der Waals surface area (Å²) in [5.41, 5.74) is -2.76. The lowest BCUT2D eigenvalue weighted by Gasteiger charge is -2.61. The van der Waals surface area contributed by atoms with Gasteiger partial charge in [-0.3, -0.25) is 14.4 Å². The van der Waals surface area contributed by atoms with E-state index in [1.54, 1.807) is 27.7 Å². The van der Waals surface area contributed by atoms with Crippen molar-refractivity contribution < 1.29 is 39.5 Å². The number of benzene rings is 1. The SMILES string of the molecule is C=C1[C@@H](OC(=O)CC(c2ccccc2)N(C)C)CC[C@@]2(C)[C@@H](O)[C@@](O)(CC(=O)O)C3=C(C)C(=O)C[C@@H]([C@H](O)[C@H]12)C3(C)C. The highest BCUT2D eigenvalue weighted by atomic mass is 16.5. The molecule has 2 fully saturated rings. The molecule has 0 aromatic heterocycles. The molecular weight excluding hydrogens is 538 g/mol. The highest BCUT2D eigenvalue weighted by molar-refractivity contribution is 5.97. The van der Waals surface area contributed by atoms with Gasteiger partial charge in [0.15, 0.2) is 5.78 Å². The van der Waals surface area contributed by atoms with Crippen molar-refractivity contribution in [1.82, 2.24) is 4.90 Å². The zero-order valence-electron chi connectivity index (χ0n) is 25.5. The van der Waals surface area contributed by atoms with Crippen LogP contribution >= 0.6 is 0 Å². The van der Waals surface area contributed by atoms with Crippen LogP contribution < -0.4 is 0 Å². The van der Waals surface area contributed by atoms with E-state index < -0.39 is 64.9 Å². The molecule has 8 atom stereocenters. The number of allylic oxidation sites excluding steroid dienone is 1. The number of ketones is 1. The minimum atomic E-state index is -2.26. The lowest BCUT2D eigenvalue weighted by molar-refractivity contribution is -0.196. The summed E-state index contributed by atoms with van der Waals surface area (Å²) in [5.74, 6) is -3.64. The van der Waals surface area contributed by atoms with Crippen LogP contribution in [0.4, 0.5) is 0 Å². The number of carboxylic acid groups (broad SMARTS) is 1. The first-order chi connectivity index (χ1) is 19.5. The second kappa shape index (κ2) is 11.3. The Kier molecular flexibility index (Phi) is 8.66. The van der Waals surface area contributed by atoms with Gasteiger partial charge in [0, 0.05) is 29.7 Å². The number of aliphatic hydroxyl groups excluding tert-OH is 2. The van der Waals surface area contributed by atoms with Crippen molar-refractivity contribution in [3.63, 3.8) is 0 Å². The maximum atomic E-state index is 13.3. The molecule has 0 amide bonds. The van der Waals surface area contributed by atoms with Crippen LogP contribution in [0.15, 0.2) is 53.6 Å². The lowest BCUT2D eigenvalue weighted by atomic mass is 9.46. The fourth-order valence-electron chi connectivity index (χ4n) is 8.27.